The van der Waals surface area contributed by atoms with E-state index in [4.69, 9.17) is 16.3 Å². The maximum Gasteiger partial charge on any atom is 0.408 e. The fourth-order valence-electron chi connectivity index (χ4n) is 4.56. The average molecular weight is 529 g/mol. The molecule has 0 bridgehead atoms. The number of carbonyl (C=O) groups excluding carboxylic acids is 2. The number of amides is 2. The Morgan fingerprint density at radius 1 is 1.19 bits per heavy atom. The number of aromatic amines is 1. The van der Waals surface area contributed by atoms with Crippen molar-refractivity contribution in [2.24, 2.45) is 0 Å². The van der Waals surface area contributed by atoms with Gasteiger partial charge in [-0.2, -0.15) is 0 Å². The Kier molecular flexibility index (Phi) is 7.89. The van der Waals surface area contributed by atoms with Gasteiger partial charge in [-0.05, 0) is 70.4 Å². The Bertz CT molecular complexity index is 1230. The fourth-order valence-corrected chi connectivity index (χ4v) is 4.68. The lowest BCUT2D eigenvalue weighted by atomic mass is 9.85. The number of benzene rings is 1. The third-order valence-corrected chi connectivity index (χ3v) is 6.57. The molecule has 198 valence electrons. The molecule has 3 N–H and O–H groups in total. The fraction of sp³-hybridized carbons (Fsp3) is 0.462. The Morgan fingerprint density at radius 3 is 2.54 bits per heavy atom. The van der Waals surface area contributed by atoms with Crippen LogP contribution in [0.5, 0.6) is 0 Å². The highest BCUT2D eigenvalue weighted by atomic mass is 35.5. The van der Waals surface area contributed by atoms with E-state index in [9.17, 15) is 14.7 Å². The molecule has 1 aromatic carbocycles. The molecule has 3 heterocycles. The number of fused-ring (bicyclic) bond motifs is 1. The number of alkyl carbamates (subject to hydrolysis) is 1. The Balaban J connectivity index is 1.64. The zero-order chi connectivity index (χ0) is 26.6. The standard InChI is InChI=1S/C26H33ClN6O4/c1-25(2,3)37-24(36)31-26(23(35)33(13-4-16-34)19-7-5-18(27)6-8-19)10-14-32(15-11-26)22-20-9-12-28-21(20)29-17-30-22/h5-9,12,17,34H,4,10-11,13-16H2,1-3H3,(H,31,36)(H,28,29,30). The van der Waals surface area contributed by atoms with Gasteiger partial charge in [0, 0.05) is 43.1 Å². The van der Waals surface area contributed by atoms with Crippen molar-refractivity contribution >= 4 is 46.1 Å². The van der Waals surface area contributed by atoms with Crippen molar-refractivity contribution in [1.29, 1.82) is 0 Å². The van der Waals surface area contributed by atoms with Crippen LogP contribution in [0, 0.1) is 0 Å². The molecule has 1 fully saturated rings. The van der Waals surface area contributed by atoms with Crippen LogP contribution in [0.2, 0.25) is 5.02 Å². The molecule has 2 aromatic heterocycles. The number of carbonyl (C=O) groups is 2. The number of halogens is 1. The van der Waals surface area contributed by atoms with Crippen molar-refractivity contribution in [3.8, 4) is 0 Å². The molecule has 1 aliphatic rings. The maximum atomic E-state index is 14.2. The summed E-state index contributed by atoms with van der Waals surface area (Å²) in [6.45, 7) is 6.51. The van der Waals surface area contributed by atoms with E-state index in [0.717, 1.165) is 16.9 Å². The van der Waals surface area contributed by atoms with Gasteiger partial charge in [0.25, 0.3) is 5.91 Å². The number of hydrogen-bond acceptors (Lipinski definition) is 7. The number of anilines is 2. The quantitative estimate of drug-likeness (QED) is 0.425. The van der Waals surface area contributed by atoms with Crippen LogP contribution in [0.25, 0.3) is 11.0 Å². The van der Waals surface area contributed by atoms with E-state index in [1.807, 2.05) is 12.3 Å². The molecule has 2 amide bonds. The minimum atomic E-state index is -1.21. The number of aliphatic hydroxyl groups is 1. The van der Waals surface area contributed by atoms with Crippen molar-refractivity contribution in [2.45, 2.75) is 51.2 Å². The van der Waals surface area contributed by atoms with Crippen LogP contribution in [-0.4, -0.2) is 69.4 Å². The van der Waals surface area contributed by atoms with E-state index in [0.29, 0.717) is 43.1 Å². The number of rotatable bonds is 7. The second-order valence-electron chi connectivity index (χ2n) is 10.1. The zero-order valence-corrected chi connectivity index (χ0v) is 22.1. The van der Waals surface area contributed by atoms with Crippen molar-refractivity contribution in [3.63, 3.8) is 0 Å². The first-order chi connectivity index (χ1) is 17.6. The minimum absolute atomic E-state index is 0.0714. The summed E-state index contributed by atoms with van der Waals surface area (Å²) in [5.74, 6) is 0.516. The summed E-state index contributed by atoms with van der Waals surface area (Å²) < 4.78 is 5.54. The number of piperidine rings is 1. The minimum Gasteiger partial charge on any atom is -0.444 e. The SMILES string of the molecule is CC(C)(C)OC(=O)NC1(C(=O)N(CCCO)c2ccc(Cl)cc2)CCN(c2ncnc3[nH]ccc23)CC1. The van der Waals surface area contributed by atoms with Gasteiger partial charge in [-0.3, -0.25) is 4.79 Å². The largest absolute Gasteiger partial charge is 0.444 e. The number of aliphatic hydroxyl groups excluding tert-OH is 1. The molecule has 0 atom stereocenters. The van der Waals surface area contributed by atoms with Gasteiger partial charge in [0.05, 0.1) is 5.39 Å². The van der Waals surface area contributed by atoms with Gasteiger partial charge < -0.3 is 29.9 Å². The van der Waals surface area contributed by atoms with E-state index in [2.05, 4.69) is 25.2 Å². The van der Waals surface area contributed by atoms with Crippen LogP contribution in [0.4, 0.5) is 16.3 Å². The first-order valence-corrected chi connectivity index (χ1v) is 12.7. The lowest BCUT2D eigenvalue weighted by Crippen LogP contribution is -2.64. The lowest BCUT2D eigenvalue weighted by Gasteiger charge is -2.44. The number of nitrogens with one attached hydrogen (secondary N) is 2. The zero-order valence-electron chi connectivity index (χ0n) is 21.3. The molecule has 4 rings (SSSR count). The molecular weight excluding hydrogens is 496 g/mol. The van der Waals surface area contributed by atoms with Crippen LogP contribution < -0.4 is 15.1 Å². The Morgan fingerprint density at radius 2 is 1.89 bits per heavy atom. The van der Waals surface area contributed by atoms with Crippen molar-refractivity contribution in [2.75, 3.05) is 36.0 Å². The molecule has 10 nitrogen and oxygen atoms in total. The number of aromatic nitrogens is 3. The molecule has 0 spiro atoms. The first kappa shape index (κ1) is 26.7. The summed E-state index contributed by atoms with van der Waals surface area (Å²) in [4.78, 5) is 42.7. The van der Waals surface area contributed by atoms with Crippen molar-refractivity contribution in [1.82, 2.24) is 20.3 Å². The third-order valence-electron chi connectivity index (χ3n) is 6.32. The highest BCUT2D eigenvalue weighted by Crippen LogP contribution is 2.32. The van der Waals surface area contributed by atoms with Gasteiger partial charge in [-0.1, -0.05) is 11.6 Å². The molecule has 0 unspecified atom stereocenters. The Hall–Kier alpha value is -3.37. The molecular formula is C26H33ClN6O4. The summed E-state index contributed by atoms with van der Waals surface area (Å²) >= 11 is 6.08. The van der Waals surface area contributed by atoms with Crippen LogP contribution in [0.3, 0.4) is 0 Å². The number of H-pyrrole nitrogens is 1. The van der Waals surface area contributed by atoms with Gasteiger partial charge >= 0.3 is 6.09 Å². The second kappa shape index (κ2) is 10.9. The monoisotopic (exact) mass is 528 g/mol. The molecule has 1 aliphatic heterocycles. The predicted octanol–water partition coefficient (Wildman–Crippen LogP) is 3.89. The first-order valence-electron chi connectivity index (χ1n) is 12.3. The average Bonchev–Trinajstić information content (AvgIpc) is 3.33. The number of ether oxygens (including phenoxy) is 1. The van der Waals surface area contributed by atoms with Crippen molar-refractivity contribution < 1.29 is 19.4 Å². The van der Waals surface area contributed by atoms with Gasteiger partial charge in [0.1, 0.15) is 28.9 Å². The van der Waals surface area contributed by atoms with Crippen LogP contribution in [0.1, 0.15) is 40.0 Å². The van der Waals surface area contributed by atoms with Gasteiger partial charge in [0.2, 0.25) is 0 Å². The van der Waals surface area contributed by atoms with E-state index < -0.39 is 17.2 Å². The maximum absolute atomic E-state index is 14.2. The summed E-state index contributed by atoms with van der Waals surface area (Å²) in [7, 11) is 0. The molecule has 0 aliphatic carbocycles. The summed E-state index contributed by atoms with van der Waals surface area (Å²) in [6, 6.07) is 8.87. The second-order valence-corrected chi connectivity index (χ2v) is 10.6. The molecule has 0 saturated carbocycles. The Labute approximate surface area is 221 Å². The summed E-state index contributed by atoms with van der Waals surface area (Å²) in [5.41, 5.74) is -0.552. The lowest BCUT2D eigenvalue weighted by molar-refractivity contribution is -0.126. The third kappa shape index (κ3) is 6.14. The normalized spacial score (nSPS) is 15.4. The summed E-state index contributed by atoms with van der Waals surface area (Å²) in [6.07, 6.45) is 3.74. The predicted molar refractivity (Wildman–Crippen MR) is 143 cm³/mol. The molecule has 11 heteroatoms. The number of nitrogens with zero attached hydrogens (tertiary/aromatic N) is 4. The highest BCUT2D eigenvalue weighted by molar-refractivity contribution is 6.30. The smallest absolute Gasteiger partial charge is 0.408 e. The highest BCUT2D eigenvalue weighted by Gasteiger charge is 2.46. The van der Waals surface area contributed by atoms with Crippen LogP contribution in [-0.2, 0) is 9.53 Å². The van der Waals surface area contributed by atoms with E-state index in [1.165, 1.54) is 6.33 Å². The van der Waals surface area contributed by atoms with Gasteiger partial charge in [-0.15, -0.1) is 0 Å². The molecule has 0 radical (unpaired) electrons. The molecule has 37 heavy (non-hydrogen) atoms. The van der Waals surface area contributed by atoms with Crippen LogP contribution >= 0.6 is 11.6 Å². The van der Waals surface area contributed by atoms with E-state index >= 15 is 0 Å². The summed E-state index contributed by atoms with van der Waals surface area (Å²) in [5, 5.41) is 13.9. The van der Waals surface area contributed by atoms with Crippen molar-refractivity contribution in [3.05, 3.63) is 47.9 Å². The van der Waals surface area contributed by atoms with E-state index in [1.54, 1.807) is 49.9 Å². The van der Waals surface area contributed by atoms with Gasteiger partial charge in [-0.25, -0.2) is 14.8 Å². The topological polar surface area (TPSA) is 124 Å². The molecule has 1 saturated heterocycles. The van der Waals surface area contributed by atoms with E-state index in [-0.39, 0.29) is 19.1 Å². The molecule has 3 aromatic rings. The number of hydrogen-bond donors (Lipinski definition) is 3. The van der Waals surface area contributed by atoms with Crippen LogP contribution in [0.15, 0.2) is 42.9 Å². The van der Waals surface area contributed by atoms with Gasteiger partial charge in [0.15, 0.2) is 0 Å².